The van der Waals surface area contributed by atoms with Crippen LogP contribution in [0.5, 0.6) is 0 Å². The summed E-state index contributed by atoms with van der Waals surface area (Å²) < 4.78 is 69.1. The second-order valence-corrected chi connectivity index (χ2v) is 36.2. The lowest BCUT2D eigenvalue weighted by Gasteiger charge is -2.21. The van der Waals surface area contributed by atoms with Crippen LogP contribution in [0.15, 0.2) is 0 Å². The van der Waals surface area contributed by atoms with E-state index in [-0.39, 0.29) is 25.7 Å². The van der Waals surface area contributed by atoms with Crippen LogP contribution in [0.4, 0.5) is 0 Å². The van der Waals surface area contributed by atoms with Gasteiger partial charge < -0.3 is 33.8 Å². The third-order valence-corrected chi connectivity index (χ3v) is 23.1. The lowest BCUT2D eigenvalue weighted by Crippen LogP contribution is -2.30. The highest BCUT2D eigenvalue weighted by Gasteiger charge is 2.31. The fourth-order valence-corrected chi connectivity index (χ4v) is 15.7. The zero-order chi connectivity index (χ0) is 79.9. The molecule has 0 aliphatic heterocycles. The van der Waals surface area contributed by atoms with Crippen molar-refractivity contribution >= 4 is 39.5 Å². The van der Waals surface area contributed by atoms with Crippen molar-refractivity contribution in [3.8, 4) is 0 Å². The average Bonchev–Trinajstić information content (AvgIpc) is 0.899. The summed E-state index contributed by atoms with van der Waals surface area (Å²) in [5.41, 5.74) is 0. The minimum Gasteiger partial charge on any atom is -0.462 e. The van der Waals surface area contributed by atoms with Crippen LogP contribution in [0.25, 0.3) is 0 Å². The smallest absolute Gasteiger partial charge is 0.462 e. The summed E-state index contributed by atoms with van der Waals surface area (Å²) in [5, 5.41) is 10.7. The summed E-state index contributed by atoms with van der Waals surface area (Å²) in [4.78, 5) is 73.4. The van der Waals surface area contributed by atoms with Crippen LogP contribution in [0.3, 0.4) is 0 Å². The van der Waals surface area contributed by atoms with Gasteiger partial charge in [0.1, 0.15) is 19.3 Å². The fraction of sp³-hybridized carbons (Fsp3) is 0.956. The molecule has 5 atom stereocenters. The van der Waals surface area contributed by atoms with Crippen molar-refractivity contribution in [1.82, 2.24) is 0 Å². The van der Waals surface area contributed by atoms with Crippen molar-refractivity contribution in [1.29, 1.82) is 0 Å². The van der Waals surface area contributed by atoms with E-state index in [9.17, 15) is 43.2 Å². The predicted molar refractivity (Wildman–Crippen MR) is 451 cm³/mol. The zero-order valence-corrected chi connectivity index (χ0v) is 73.7. The molecule has 0 aliphatic rings. The molecule has 0 rings (SSSR count). The molecule has 109 heavy (non-hydrogen) atoms. The molecule has 0 amide bonds. The van der Waals surface area contributed by atoms with Gasteiger partial charge in [-0.1, -0.05) is 433 Å². The number of aliphatic hydroxyl groups is 1. The molecule has 2 unspecified atom stereocenters. The van der Waals surface area contributed by atoms with Crippen LogP contribution in [-0.4, -0.2) is 96.7 Å². The fourth-order valence-electron chi connectivity index (χ4n) is 14.1. The van der Waals surface area contributed by atoms with Crippen LogP contribution in [0.1, 0.15) is 485 Å². The third-order valence-electron chi connectivity index (χ3n) is 21.2. The maximum Gasteiger partial charge on any atom is 0.472 e. The Labute approximate surface area is 670 Å². The summed E-state index contributed by atoms with van der Waals surface area (Å²) in [7, 11) is -9.94. The van der Waals surface area contributed by atoms with Crippen molar-refractivity contribution in [3.63, 3.8) is 0 Å². The number of rotatable bonds is 89. The number of hydrogen-bond donors (Lipinski definition) is 3. The van der Waals surface area contributed by atoms with Crippen molar-refractivity contribution in [2.45, 2.75) is 503 Å². The van der Waals surface area contributed by atoms with E-state index in [2.05, 4.69) is 41.5 Å². The second kappa shape index (κ2) is 81.2. The molecule has 0 radical (unpaired) electrons. The number of hydrogen-bond acceptors (Lipinski definition) is 15. The summed E-state index contributed by atoms with van der Waals surface area (Å²) >= 11 is 0. The van der Waals surface area contributed by atoms with Gasteiger partial charge in [-0.15, -0.1) is 0 Å². The minimum absolute atomic E-state index is 0.108. The van der Waals surface area contributed by atoms with Gasteiger partial charge in [0.2, 0.25) is 0 Å². The maximum absolute atomic E-state index is 13.2. The van der Waals surface area contributed by atoms with Gasteiger partial charge in [0.25, 0.3) is 0 Å². The van der Waals surface area contributed by atoms with Gasteiger partial charge in [-0.25, -0.2) is 9.13 Å². The molecule has 17 nitrogen and oxygen atoms in total. The van der Waals surface area contributed by atoms with E-state index in [4.69, 9.17) is 37.0 Å². The van der Waals surface area contributed by atoms with Crippen LogP contribution < -0.4 is 0 Å². The largest absolute Gasteiger partial charge is 0.472 e. The lowest BCUT2D eigenvalue weighted by molar-refractivity contribution is -0.161. The van der Waals surface area contributed by atoms with Gasteiger partial charge >= 0.3 is 39.5 Å². The van der Waals surface area contributed by atoms with Crippen LogP contribution in [-0.2, 0) is 65.4 Å². The molecular formula is C90H176O17P2. The van der Waals surface area contributed by atoms with E-state index in [0.29, 0.717) is 25.7 Å². The Morgan fingerprint density at radius 2 is 0.422 bits per heavy atom. The van der Waals surface area contributed by atoms with Crippen molar-refractivity contribution in [2.75, 3.05) is 39.6 Å². The molecule has 0 bridgehead atoms. The minimum atomic E-state index is -4.97. The molecule has 0 aromatic carbocycles. The van der Waals surface area contributed by atoms with Crippen LogP contribution in [0.2, 0.25) is 0 Å². The Hall–Kier alpha value is -1.94. The molecule has 0 aromatic rings. The van der Waals surface area contributed by atoms with Crippen molar-refractivity contribution in [2.24, 2.45) is 11.8 Å². The van der Waals surface area contributed by atoms with Crippen molar-refractivity contribution in [3.05, 3.63) is 0 Å². The third kappa shape index (κ3) is 83.8. The molecule has 0 saturated heterocycles. The average molecular weight is 1590 g/mol. The molecule has 0 aromatic heterocycles. The predicted octanol–water partition coefficient (Wildman–Crippen LogP) is 27.8. The summed E-state index contributed by atoms with van der Waals surface area (Å²) in [6, 6.07) is 0. The highest BCUT2D eigenvalue weighted by Crippen LogP contribution is 2.45. The number of unbranched alkanes of at least 4 members (excludes halogenated alkanes) is 59. The first-order valence-electron chi connectivity index (χ1n) is 46.5. The number of ether oxygens (including phenoxy) is 4. The van der Waals surface area contributed by atoms with E-state index in [1.807, 2.05) is 0 Å². The molecule has 648 valence electrons. The first-order valence-corrected chi connectivity index (χ1v) is 49.5. The van der Waals surface area contributed by atoms with E-state index in [0.717, 1.165) is 102 Å². The Kier molecular flexibility index (Phi) is 79.8. The zero-order valence-electron chi connectivity index (χ0n) is 71.9. The SMILES string of the molecule is CCCCCCCCCCCCCCCCCCCCCCCC(=O)O[C@H](COC(=O)CCCCCCCCCCCCCCCCCC(C)C)COP(=O)(O)OC[C@@H](O)COP(=O)(O)OC[C@@H](COC(=O)CCCCCCCCCCCCCCC)OC(=O)CCCCCCCCCCCCCCCCC(C)C. The number of phosphoric acid groups is 2. The number of aliphatic hydroxyl groups excluding tert-OH is 1. The molecule has 19 heteroatoms. The van der Waals surface area contributed by atoms with Gasteiger partial charge in [0.05, 0.1) is 26.4 Å². The van der Waals surface area contributed by atoms with E-state index < -0.39 is 97.5 Å². The lowest BCUT2D eigenvalue weighted by atomic mass is 10.0. The Bertz CT molecular complexity index is 2080. The number of carbonyl (C=O) groups is 4. The first-order chi connectivity index (χ1) is 52.9. The van der Waals surface area contributed by atoms with E-state index >= 15 is 0 Å². The van der Waals surface area contributed by atoms with Gasteiger partial charge in [0.15, 0.2) is 12.2 Å². The topological polar surface area (TPSA) is 237 Å². The van der Waals surface area contributed by atoms with Crippen molar-refractivity contribution < 1.29 is 80.2 Å². The van der Waals surface area contributed by atoms with Crippen LogP contribution in [0, 0.1) is 11.8 Å². The number of esters is 4. The maximum atomic E-state index is 13.2. The molecule has 0 fully saturated rings. The monoisotopic (exact) mass is 1590 g/mol. The Morgan fingerprint density at radius 1 is 0.248 bits per heavy atom. The molecule has 0 heterocycles. The van der Waals surface area contributed by atoms with Crippen LogP contribution >= 0.6 is 15.6 Å². The number of phosphoric ester groups is 2. The van der Waals surface area contributed by atoms with E-state index in [1.54, 1.807) is 0 Å². The van der Waals surface area contributed by atoms with Gasteiger partial charge in [0, 0.05) is 25.7 Å². The van der Waals surface area contributed by atoms with Gasteiger partial charge in [-0.2, -0.15) is 0 Å². The highest BCUT2D eigenvalue weighted by molar-refractivity contribution is 7.47. The quantitative estimate of drug-likeness (QED) is 0.0222. The Morgan fingerprint density at radius 3 is 0.624 bits per heavy atom. The Balaban J connectivity index is 5.26. The molecule has 3 N–H and O–H groups in total. The standard InChI is InChI=1S/C90H176O17P2/c1-7-9-11-13-15-17-19-21-22-23-24-25-26-27-30-38-44-50-56-62-68-74-89(94)106-86(79-101-88(93)73-67-61-55-49-43-37-31-28-29-35-40-46-52-58-64-70-82(3)4)81-105-109(98,99)103-77-84(91)76-102-108(96,97)104-80-85(78-100-87(92)72-66-60-54-48-42-34-20-18-16-14-12-10-8-2)107-90(95)75-69-63-57-51-45-39-33-32-36-41-47-53-59-65-71-83(5)6/h82-86,91H,7-81H2,1-6H3,(H,96,97)(H,98,99)/t84-,85+,86+/m0/s1. The summed E-state index contributed by atoms with van der Waals surface area (Å²) in [6.07, 6.45) is 74.9. The highest BCUT2D eigenvalue weighted by atomic mass is 31.2. The molecule has 0 saturated carbocycles. The first kappa shape index (κ1) is 107. The summed E-state index contributed by atoms with van der Waals surface area (Å²) in [6.45, 7) is 9.75. The normalized spacial score (nSPS) is 13.8. The molecular weight excluding hydrogens is 1410 g/mol. The second-order valence-electron chi connectivity index (χ2n) is 33.3. The van der Waals surface area contributed by atoms with Gasteiger partial charge in [-0.3, -0.25) is 37.3 Å². The number of carbonyl (C=O) groups excluding carboxylic acids is 4. The van der Waals surface area contributed by atoms with Gasteiger partial charge in [-0.05, 0) is 37.5 Å². The molecule has 0 aliphatic carbocycles. The van der Waals surface area contributed by atoms with E-state index in [1.165, 1.54) is 302 Å². The summed E-state index contributed by atoms with van der Waals surface area (Å²) in [5.74, 6) is -0.494. The molecule has 0 spiro atoms.